The van der Waals surface area contributed by atoms with E-state index in [1.807, 2.05) is 12.1 Å². The second kappa shape index (κ2) is 8.34. The Morgan fingerprint density at radius 1 is 1.20 bits per heavy atom. The molecule has 0 aromatic heterocycles. The maximum atomic E-state index is 12.3. The highest BCUT2D eigenvalue weighted by molar-refractivity contribution is 5.84. The van der Waals surface area contributed by atoms with Crippen LogP contribution in [0.2, 0.25) is 0 Å². The number of carbonyl (C=O) groups excluding carboxylic acids is 1. The van der Waals surface area contributed by atoms with Crippen molar-refractivity contribution in [3.8, 4) is 5.75 Å². The Morgan fingerprint density at radius 2 is 1.92 bits per heavy atom. The number of nitrogens with one attached hydrogen (secondary N) is 2. The molecule has 1 unspecified atom stereocenters. The minimum Gasteiger partial charge on any atom is -0.497 e. The van der Waals surface area contributed by atoms with Gasteiger partial charge >= 0.3 is 0 Å². The number of rotatable bonds is 6. The summed E-state index contributed by atoms with van der Waals surface area (Å²) in [5, 5.41) is 8.77. The predicted molar refractivity (Wildman–Crippen MR) is 102 cm³/mol. The molecule has 1 atom stereocenters. The maximum absolute atomic E-state index is 12.3. The van der Waals surface area contributed by atoms with Crippen LogP contribution in [0.3, 0.4) is 0 Å². The highest BCUT2D eigenvalue weighted by atomic mass is 16.5. The molecule has 2 aromatic carbocycles. The average molecular weight is 340 g/mol. The van der Waals surface area contributed by atoms with Gasteiger partial charge in [-0.2, -0.15) is 0 Å². The van der Waals surface area contributed by atoms with Crippen molar-refractivity contribution in [3.05, 3.63) is 42.0 Å². The Morgan fingerprint density at radius 3 is 2.68 bits per heavy atom. The fraction of sp³-hybridized carbons (Fsp3) is 0.476. The summed E-state index contributed by atoms with van der Waals surface area (Å²) in [7, 11) is 1.68. The lowest BCUT2D eigenvalue weighted by Gasteiger charge is -2.27. The molecule has 0 saturated carbocycles. The molecular formula is C21H28N2O2. The Hall–Kier alpha value is -2.07. The molecule has 25 heavy (non-hydrogen) atoms. The van der Waals surface area contributed by atoms with Gasteiger partial charge in [-0.1, -0.05) is 25.1 Å². The van der Waals surface area contributed by atoms with Gasteiger partial charge < -0.3 is 15.4 Å². The maximum Gasteiger partial charge on any atom is 0.220 e. The highest BCUT2D eigenvalue weighted by Gasteiger charge is 2.21. The van der Waals surface area contributed by atoms with Gasteiger partial charge in [0.15, 0.2) is 0 Å². The van der Waals surface area contributed by atoms with Crippen molar-refractivity contribution in [2.45, 2.75) is 32.7 Å². The molecule has 0 aliphatic carbocycles. The first-order valence-electron chi connectivity index (χ1n) is 9.20. The SMILES string of the molecule is COc1ccc2cc(CNC(=O)CC(C)C3CCNCC3)ccc2c1. The minimum absolute atomic E-state index is 0.154. The van der Waals surface area contributed by atoms with Gasteiger partial charge in [0, 0.05) is 13.0 Å². The molecule has 2 aromatic rings. The van der Waals surface area contributed by atoms with Crippen LogP contribution in [0.15, 0.2) is 36.4 Å². The van der Waals surface area contributed by atoms with Gasteiger partial charge in [-0.05, 0) is 72.3 Å². The molecular weight excluding hydrogens is 312 g/mol. The van der Waals surface area contributed by atoms with E-state index in [0.717, 1.165) is 35.2 Å². The van der Waals surface area contributed by atoms with Crippen LogP contribution in [0, 0.1) is 11.8 Å². The van der Waals surface area contributed by atoms with Gasteiger partial charge in [0.1, 0.15) is 5.75 Å². The van der Waals surface area contributed by atoms with E-state index in [9.17, 15) is 4.79 Å². The number of ether oxygens (including phenoxy) is 1. The molecule has 1 saturated heterocycles. The second-order valence-corrected chi connectivity index (χ2v) is 7.09. The lowest BCUT2D eigenvalue weighted by molar-refractivity contribution is -0.122. The van der Waals surface area contributed by atoms with Gasteiger partial charge in [0.25, 0.3) is 0 Å². The van der Waals surface area contributed by atoms with E-state index in [-0.39, 0.29) is 5.91 Å². The summed E-state index contributed by atoms with van der Waals surface area (Å²) in [6.45, 7) is 4.95. The zero-order valence-corrected chi connectivity index (χ0v) is 15.2. The van der Waals surface area contributed by atoms with Crippen molar-refractivity contribution >= 4 is 16.7 Å². The van der Waals surface area contributed by atoms with Gasteiger partial charge in [-0.15, -0.1) is 0 Å². The largest absolute Gasteiger partial charge is 0.497 e. The first-order valence-corrected chi connectivity index (χ1v) is 9.20. The predicted octanol–water partition coefficient (Wildman–Crippen LogP) is 3.49. The highest BCUT2D eigenvalue weighted by Crippen LogP contribution is 2.24. The van der Waals surface area contributed by atoms with Crippen LogP contribution in [0.25, 0.3) is 10.8 Å². The number of carbonyl (C=O) groups is 1. The third-order valence-corrected chi connectivity index (χ3v) is 5.30. The van der Waals surface area contributed by atoms with Crippen molar-refractivity contribution in [2.24, 2.45) is 11.8 Å². The van der Waals surface area contributed by atoms with E-state index in [4.69, 9.17) is 4.74 Å². The van der Waals surface area contributed by atoms with E-state index in [2.05, 4.69) is 41.8 Å². The van der Waals surface area contributed by atoms with Gasteiger partial charge in [-0.3, -0.25) is 4.79 Å². The molecule has 1 aliphatic heterocycles. The topological polar surface area (TPSA) is 50.4 Å². The van der Waals surface area contributed by atoms with Crippen LogP contribution in [-0.4, -0.2) is 26.1 Å². The molecule has 0 bridgehead atoms. The molecule has 1 fully saturated rings. The van der Waals surface area contributed by atoms with Gasteiger partial charge in [0.2, 0.25) is 5.91 Å². The Labute approximate surface area is 149 Å². The lowest BCUT2D eigenvalue weighted by Crippen LogP contribution is -2.33. The number of methoxy groups -OCH3 is 1. The van der Waals surface area contributed by atoms with Crippen LogP contribution >= 0.6 is 0 Å². The van der Waals surface area contributed by atoms with E-state index >= 15 is 0 Å². The third kappa shape index (κ3) is 4.73. The average Bonchev–Trinajstić information content (AvgIpc) is 2.66. The van der Waals surface area contributed by atoms with E-state index < -0.39 is 0 Å². The van der Waals surface area contributed by atoms with E-state index in [1.165, 1.54) is 12.8 Å². The number of amides is 1. The standard InChI is InChI=1S/C21H28N2O2/c1-15(17-7-9-22-10-8-17)11-21(24)23-14-16-3-4-19-13-20(25-2)6-5-18(19)12-16/h3-6,12-13,15,17,22H,7-11,14H2,1-2H3,(H,23,24). The number of benzene rings is 2. The van der Waals surface area contributed by atoms with Crippen LogP contribution in [-0.2, 0) is 11.3 Å². The van der Waals surface area contributed by atoms with Crippen LogP contribution in [0.5, 0.6) is 5.75 Å². The van der Waals surface area contributed by atoms with Crippen molar-refractivity contribution in [1.29, 1.82) is 0 Å². The summed E-state index contributed by atoms with van der Waals surface area (Å²) in [5.41, 5.74) is 1.13. The summed E-state index contributed by atoms with van der Waals surface area (Å²) >= 11 is 0. The second-order valence-electron chi connectivity index (χ2n) is 7.09. The van der Waals surface area contributed by atoms with Crippen LogP contribution in [0.4, 0.5) is 0 Å². The lowest BCUT2D eigenvalue weighted by atomic mass is 9.84. The van der Waals surface area contributed by atoms with Crippen molar-refractivity contribution in [3.63, 3.8) is 0 Å². The van der Waals surface area contributed by atoms with Gasteiger partial charge in [0.05, 0.1) is 7.11 Å². The Balaban J connectivity index is 1.53. The zero-order chi connectivity index (χ0) is 17.6. The normalized spacial score (nSPS) is 16.6. The fourth-order valence-corrected chi connectivity index (χ4v) is 3.66. The molecule has 1 aliphatic rings. The van der Waals surface area contributed by atoms with E-state index in [1.54, 1.807) is 7.11 Å². The smallest absolute Gasteiger partial charge is 0.220 e. The molecule has 3 rings (SSSR count). The molecule has 134 valence electrons. The van der Waals surface area contributed by atoms with Crippen LogP contribution < -0.4 is 15.4 Å². The Kier molecular flexibility index (Phi) is 5.92. The van der Waals surface area contributed by atoms with E-state index in [0.29, 0.717) is 24.8 Å². The molecule has 4 heteroatoms. The monoisotopic (exact) mass is 340 g/mol. The summed E-state index contributed by atoms with van der Waals surface area (Å²) in [6.07, 6.45) is 2.99. The molecule has 0 spiro atoms. The number of fused-ring (bicyclic) bond motifs is 1. The third-order valence-electron chi connectivity index (χ3n) is 5.30. The number of hydrogen-bond acceptors (Lipinski definition) is 3. The van der Waals surface area contributed by atoms with Gasteiger partial charge in [-0.25, -0.2) is 0 Å². The Bertz CT molecular complexity index is 723. The molecule has 2 N–H and O–H groups in total. The molecule has 0 radical (unpaired) electrons. The van der Waals surface area contributed by atoms with Crippen molar-refractivity contribution in [1.82, 2.24) is 10.6 Å². The first kappa shape index (κ1) is 17.7. The van der Waals surface area contributed by atoms with Crippen LogP contribution in [0.1, 0.15) is 31.7 Å². The summed E-state index contributed by atoms with van der Waals surface area (Å²) < 4.78 is 5.26. The summed E-state index contributed by atoms with van der Waals surface area (Å²) in [5.74, 6) is 2.13. The quantitative estimate of drug-likeness (QED) is 0.846. The molecule has 1 heterocycles. The van der Waals surface area contributed by atoms with Crippen molar-refractivity contribution in [2.75, 3.05) is 20.2 Å². The molecule has 1 amide bonds. The number of piperidine rings is 1. The first-order chi connectivity index (χ1) is 12.2. The number of hydrogen-bond donors (Lipinski definition) is 2. The minimum atomic E-state index is 0.154. The zero-order valence-electron chi connectivity index (χ0n) is 15.2. The fourth-order valence-electron chi connectivity index (χ4n) is 3.66. The van der Waals surface area contributed by atoms with Crippen molar-refractivity contribution < 1.29 is 9.53 Å². The molecule has 4 nitrogen and oxygen atoms in total. The summed E-state index contributed by atoms with van der Waals surface area (Å²) in [6, 6.07) is 12.3. The summed E-state index contributed by atoms with van der Waals surface area (Å²) in [4.78, 5) is 12.3.